The van der Waals surface area contributed by atoms with Crippen LogP contribution in [0.15, 0.2) is 65.8 Å². The fourth-order valence-corrected chi connectivity index (χ4v) is 11.3. The molecular formula is C47H53N7O6S. The van der Waals surface area contributed by atoms with Crippen LogP contribution in [0.1, 0.15) is 77.2 Å². The van der Waals surface area contributed by atoms with E-state index in [0.29, 0.717) is 18.9 Å². The molecule has 5 aromatic rings. The van der Waals surface area contributed by atoms with Crippen molar-refractivity contribution in [3.63, 3.8) is 0 Å². The second-order valence-corrected chi connectivity index (χ2v) is 18.7. The van der Waals surface area contributed by atoms with E-state index in [9.17, 15) is 19.2 Å². The molecule has 14 heteroatoms. The van der Waals surface area contributed by atoms with Crippen molar-refractivity contribution in [2.75, 3.05) is 20.8 Å². The molecule has 13 nitrogen and oxygen atoms in total. The van der Waals surface area contributed by atoms with E-state index in [1.165, 1.54) is 40.0 Å². The average Bonchev–Trinajstić information content (AvgIpc) is 4.12. The van der Waals surface area contributed by atoms with Gasteiger partial charge in [0.1, 0.15) is 17.9 Å². The van der Waals surface area contributed by atoms with Crippen LogP contribution in [0.5, 0.6) is 0 Å². The van der Waals surface area contributed by atoms with Gasteiger partial charge < -0.3 is 34.9 Å². The second kappa shape index (κ2) is 16.3. The number of hydrogen-bond donors (Lipinski definition) is 3. The molecule has 9 rings (SSSR count). The number of H-pyrrole nitrogens is 1. The molecule has 0 radical (unpaired) electrons. The van der Waals surface area contributed by atoms with Gasteiger partial charge in [-0.05, 0) is 90.8 Å². The van der Waals surface area contributed by atoms with Crippen molar-refractivity contribution in [3.8, 4) is 22.4 Å². The molecule has 6 atom stereocenters. The molecule has 3 N–H and O–H groups in total. The summed E-state index contributed by atoms with van der Waals surface area (Å²) in [5.41, 5.74) is 7.33. The van der Waals surface area contributed by atoms with Gasteiger partial charge >= 0.3 is 12.2 Å². The Balaban J connectivity index is 0.920. The lowest BCUT2D eigenvalue weighted by Gasteiger charge is -2.38. The van der Waals surface area contributed by atoms with E-state index < -0.39 is 24.3 Å². The van der Waals surface area contributed by atoms with Crippen LogP contribution < -0.4 is 10.6 Å². The molecular weight excluding hydrogens is 791 g/mol. The van der Waals surface area contributed by atoms with Gasteiger partial charge in [-0.3, -0.25) is 14.6 Å². The van der Waals surface area contributed by atoms with Gasteiger partial charge in [0, 0.05) is 50.5 Å². The molecule has 2 aromatic heterocycles. The number of methoxy groups -OCH3 is 2. The minimum atomic E-state index is -0.688. The first-order chi connectivity index (χ1) is 29.4. The van der Waals surface area contributed by atoms with Gasteiger partial charge in [0.2, 0.25) is 11.8 Å². The van der Waals surface area contributed by atoms with E-state index in [2.05, 4.69) is 70.2 Å². The van der Waals surface area contributed by atoms with E-state index in [1.807, 2.05) is 43.7 Å². The molecule has 5 heterocycles. The molecule has 1 unspecified atom stereocenters. The molecule has 0 spiro atoms. The molecule has 1 saturated carbocycles. The number of fused-ring (bicyclic) bond motifs is 6. The minimum absolute atomic E-state index is 0.0496. The minimum Gasteiger partial charge on any atom is -0.453 e. The summed E-state index contributed by atoms with van der Waals surface area (Å²) in [5, 5.41) is 7.91. The molecule has 2 bridgehead atoms. The summed E-state index contributed by atoms with van der Waals surface area (Å²) < 4.78 is 12.0. The Morgan fingerprint density at radius 1 is 0.803 bits per heavy atom. The number of aromatic nitrogens is 2. The molecule has 4 aliphatic rings. The standard InChI is InChI=1S/C47H53N7O6S/c1-24(2)40(51-46(57)59-5)44(55)53-17-7-8-37(53)43-48-23-36(50-43)28-11-15-33-32-14-10-27(21-38(32)61-39(33)22-28)26-12-16-34-30(18-26)20-35(49-34)42-29-9-13-31(19-29)54(42)45(56)41(25(3)4)52-47(58)60-6/h10-12,14-16,18,21-25,29,31,37,40-42H,7-9,13,17,19-20H2,1-6H3,(H,48,50)(H,51,57)(H,52,58)/t29-,31+,37?,40-,41-,42-/m0/s1. The fourth-order valence-electron chi connectivity index (χ4n) is 10.1. The summed E-state index contributed by atoms with van der Waals surface area (Å²) in [6, 6.07) is 18.2. The number of aliphatic imine (C=N–C) groups is 1. The van der Waals surface area contributed by atoms with Crippen molar-refractivity contribution < 1.29 is 28.7 Å². The maximum absolute atomic E-state index is 14.1. The van der Waals surface area contributed by atoms with Crippen LogP contribution >= 0.6 is 11.3 Å². The SMILES string of the molecule is COC(=O)N[C@H](C(=O)N1CCCC1c1ncc(-c2ccc3c(c2)sc2cc(-c4ccc5c(c4)CC([C@@H]4[C@H]6CC[C@H](C6)N4C(=O)[C@@H](NC(=O)OC)C(C)C)=N5)ccc23)[nH]1)C(C)C. The molecule has 2 saturated heterocycles. The molecule has 3 fully saturated rings. The zero-order valence-corrected chi connectivity index (χ0v) is 36.3. The van der Waals surface area contributed by atoms with Crippen molar-refractivity contribution in [1.82, 2.24) is 30.4 Å². The zero-order chi connectivity index (χ0) is 42.7. The lowest BCUT2D eigenvalue weighted by Crippen LogP contribution is -2.57. The van der Waals surface area contributed by atoms with Crippen LogP contribution in [0.4, 0.5) is 15.3 Å². The highest BCUT2D eigenvalue weighted by Crippen LogP contribution is 2.46. The Morgan fingerprint density at radius 2 is 1.44 bits per heavy atom. The number of imidazole rings is 1. The summed E-state index contributed by atoms with van der Waals surface area (Å²) >= 11 is 1.76. The fraction of sp³-hybridized carbons (Fsp3) is 0.447. The Morgan fingerprint density at radius 3 is 2.13 bits per heavy atom. The predicted molar refractivity (Wildman–Crippen MR) is 237 cm³/mol. The van der Waals surface area contributed by atoms with Crippen molar-refractivity contribution in [3.05, 3.63) is 72.2 Å². The van der Waals surface area contributed by atoms with Gasteiger partial charge in [-0.1, -0.05) is 58.0 Å². The first-order valence-corrected chi connectivity index (χ1v) is 22.3. The number of hydrogen-bond acceptors (Lipinski definition) is 9. The zero-order valence-electron chi connectivity index (χ0n) is 35.5. The van der Waals surface area contributed by atoms with Gasteiger partial charge in [0.05, 0.1) is 43.9 Å². The Kier molecular flexibility index (Phi) is 10.8. The third-order valence-electron chi connectivity index (χ3n) is 13.2. The number of carbonyl (C=O) groups excluding carboxylic acids is 4. The van der Waals surface area contributed by atoms with E-state index >= 15 is 0 Å². The maximum atomic E-state index is 14.1. The molecule has 4 amide bonds. The number of ether oxygens (including phenoxy) is 2. The Bertz CT molecular complexity index is 2580. The number of carbonyl (C=O) groups is 4. The van der Waals surface area contributed by atoms with Gasteiger partial charge in [0.15, 0.2) is 0 Å². The highest BCUT2D eigenvalue weighted by molar-refractivity contribution is 7.25. The highest BCUT2D eigenvalue weighted by Gasteiger charge is 2.52. The number of piperidine rings is 1. The summed E-state index contributed by atoms with van der Waals surface area (Å²) in [6.45, 7) is 8.32. The molecule has 3 aromatic carbocycles. The lowest BCUT2D eigenvalue weighted by molar-refractivity contribution is -0.137. The third-order valence-corrected chi connectivity index (χ3v) is 14.4. The summed E-state index contributed by atoms with van der Waals surface area (Å²) in [7, 11) is 2.62. The quantitative estimate of drug-likeness (QED) is 0.127. The number of aromatic amines is 1. The van der Waals surface area contributed by atoms with Gasteiger partial charge in [-0.25, -0.2) is 14.6 Å². The molecule has 1 aliphatic carbocycles. The van der Waals surface area contributed by atoms with Crippen LogP contribution in [0.25, 0.3) is 42.6 Å². The predicted octanol–water partition coefficient (Wildman–Crippen LogP) is 8.54. The van der Waals surface area contributed by atoms with Crippen LogP contribution in [0.3, 0.4) is 0 Å². The van der Waals surface area contributed by atoms with Gasteiger partial charge in [0.25, 0.3) is 0 Å². The Hall–Kier alpha value is -5.76. The van der Waals surface area contributed by atoms with Gasteiger partial charge in [-0.15, -0.1) is 11.3 Å². The first-order valence-electron chi connectivity index (χ1n) is 21.5. The Labute approximate surface area is 359 Å². The number of likely N-dealkylation sites (tertiary alicyclic amines) is 2. The second-order valence-electron chi connectivity index (χ2n) is 17.7. The smallest absolute Gasteiger partial charge is 0.407 e. The summed E-state index contributed by atoms with van der Waals surface area (Å²) in [5.74, 6) is 0.737. The van der Waals surface area contributed by atoms with Crippen molar-refractivity contribution in [2.24, 2.45) is 22.7 Å². The third kappa shape index (κ3) is 7.42. The number of amides is 4. The number of thiophene rings is 1. The van der Waals surface area contributed by atoms with Crippen molar-refractivity contribution in [1.29, 1.82) is 0 Å². The van der Waals surface area contributed by atoms with Crippen LogP contribution in [-0.4, -0.2) is 94.4 Å². The van der Waals surface area contributed by atoms with Gasteiger partial charge in [-0.2, -0.15) is 0 Å². The average molecular weight is 844 g/mol. The van der Waals surface area contributed by atoms with E-state index in [-0.39, 0.29) is 41.8 Å². The molecule has 318 valence electrons. The largest absolute Gasteiger partial charge is 0.453 e. The number of benzene rings is 3. The number of rotatable bonds is 10. The van der Waals surface area contributed by atoms with E-state index in [1.54, 1.807) is 11.3 Å². The van der Waals surface area contributed by atoms with E-state index in [4.69, 9.17) is 19.5 Å². The molecule has 61 heavy (non-hydrogen) atoms. The summed E-state index contributed by atoms with van der Waals surface area (Å²) in [6.07, 6.45) is 6.00. The van der Waals surface area contributed by atoms with E-state index in [0.717, 1.165) is 71.7 Å². The van der Waals surface area contributed by atoms with Crippen LogP contribution in [0.2, 0.25) is 0 Å². The lowest BCUT2D eigenvalue weighted by atomic mass is 9.90. The van der Waals surface area contributed by atoms with Crippen molar-refractivity contribution >= 4 is 66.9 Å². The van der Waals surface area contributed by atoms with Crippen molar-refractivity contribution in [2.45, 2.75) is 96.4 Å². The summed E-state index contributed by atoms with van der Waals surface area (Å²) in [4.78, 5) is 69.3. The highest BCUT2D eigenvalue weighted by atomic mass is 32.1. The maximum Gasteiger partial charge on any atom is 0.407 e. The normalized spacial score (nSPS) is 21.6. The number of nitrogens with zero attached hydrogens (tertiary/aromatic N) is 4. The number of alkyl carbamates (subject to hydrolysis) is 2. The topological polar surface area (TPSA) is 158 Å². The van der Waals surface area contributed by atoms with Crippen LogP contribution in [0, 0.1) is 17.8 Å². The van der Waals surface area contributed by atoms with Crippen LogP contribution in [-0.2, 0) is 25.5 Å². The monoisotopic (exact) mass is 843 g/mol. The molecule has 3 aliphatic heterocycles. The number of nitrogens with one attached hydrogen (secondary N) is 3. The first kappa shape index (κ1) is 40.6.